The van der Waals surface area contributed by atoms with Crippen LogP contribution in [0.2, 0.25) is 5.02 Å². The van der Waals surface area contributed by atoms with Gasteiger partial charge in [-0.3, -0.25) is 4.72 Å². The largest absolute Gasteiger partial charge is 0.507 e. The van der Waals surface area contributed by atoms with Gasteiger partial charge < -0.3 is 10.2 Å². The molecule has 25 heavy (non-hydrogen) atoms. The molecule has 0 heterocycles. The highest BCUT2D eigenvalue weighted by molar-refractivity contribution is 7.93. The van der Waals surface area contributed by atoms with E-state index in [1.807, 2.05) is 0 Å². The fraction of sp³-hybridized carbons (Fsp3) is 0. The van der Waals surface area contributed by atoms with Gasteiger partial charge >= 0.3 is 5.97 Å². The van der Waals surface area contributed by atoms with E-state index in [2.05, 4.69) is 4.72 Å². The lowest BCUT2D eigenvalue weighted by Gasteiger charge is -2.12. The Morgan fingerprint density at radius 2 is 1.72 bits per heavy atom. The first kappa shape index (κ1) is 17.1. The molecule has 3 aromatic rings. The fourth-order valence-electron chi connectivity index (χ4n) is 2.47. The van der Waals surface area contributed by atoms with E-state index in [-0.39, 0.29) is 16.1 Å². The summed E-state index contributed by atoms with van der Waals surface area (Å²) in [6.07, 6.45) is 0. The van der Waals surface area contributed by atoms with Crippen LogP contribution in [-0.4, -0.2) is 24.6 Å². The Morgan fingerprint density at radius 3 is 2.36 bits per heavy atom. The number of fused-ring (bicyclic) bond motifs is 1. The first-order chi connectivity index (χ1) is 11.8. The number of aromatic carboxylic acids is 1. The monoisotopic (exact) mass is 377 g/mol. The SMILES string of the molecule is O=C(O)c1ccc(NS(=O)(=O)c2cccc3cccc(Cl)c23)cc1O. The van der Waals surface area contributed by atoms with Gasteiger partial charge in [0.05, 0.1) is 10.6 Å². The first-order valence-electron chi connectivity index (χ1n) is 7.06. The third kappa shape index (κ3) is 3.24. The topological polar surface area (TPSA) is 104 Å². The molecule has 0 unspecified atom stereocenters. The van der Waals surface area contributed by atoms with Crippen LogP contribution in [0.3, 0.4) is 0 Å². The Kier molecular flexibility index (Phi) is 4.28. The van der Waals surface area contributed by atoms with E-state index in [1.54, 1.807) is 30.3 Å². The van der Waals surface area contributed by atoms with Crippen molar-refractivity contribution in [2.24, 2.45) is 0 Å². The molecule has 3 rings (SSSR count). The summed E-state index contributed by atoms with van der Waals surface area (Å²) in [5.41, 5.74) is -0.289. The first-order valence-corrected chi connectivity index (χ1v) is 8.92. The van der Waals surface area contributed by atoms with Gasteiger partial charge in [0.25, 0.3) is 10.0 Å². The number of sulfonamides is 1. The summed E-state index contributed by atoms with van der Waals surface area (Å²) >= 11 is 6.15. The van der Waals surface area contributed by atoms with E-state index in [0.29, 0.717) is 15.8 Å². The van der Waals surface area contributed by atoms with E-state index < -0.39 is 21.7 Å². The molecule has 0 atom stereocenters. The molecule has 0 saturated carbocycles. The Morgan fingerprint density at radius 1 is 1.04 bits per heavy atom. The Balaban J connectivity index is 2.07. The van der Waals surface area contributed by atoms with Crippen LogP contribution in [0, 0.1) is 0 Å². The Labute approximate surface area is 148 Å². The van der Waals surface area contributed by atoms with Crippen LogP contribution < -0.4 is 4.72 Å². The maximum Gasteiger partial charge on any atom is 0.339 e. The highest BCUT2D eigenvalue weighted by Gasteiger charge is 2.20. The molecule has 8 heteroatoms. The second kappa shape index (κ2) is 6.27. The highest BCUT2D eigenvalue weighted by Crippen LogP contribution is 2.31. The number of aromatic hydroxyl groups is 1. The van der Waals surface area contributed by atoms with Crippen molar-refractivity contribution in [2.75, 3.05) is 4.72 Å². The van der Waals surface area contributed by atoms with Gasteiger partial charge in [-0.1, -0.05) is 35.9 Å². The number of halogens is 1. The van der Waals surface area contributed by atoms with Crippen molar-refractivity contribution in [3.63, 3.8) is 0 Å². The minimum absolute atomic E-state index is 0.0163. The van der Waals surface area contributed by atoms with Crippen molar-refractivity contribution >= 4 is 44.1 Å². The number of rotatable bonds is 4. The summed E-state index contributed by atoms with van der Waals surface area (Å²) in [6.45, 7) is 0. The number of carboxylic acid groups (broad SMARTS) is 1. The molecule has 3 N–H and O–H groups in total. The maximum atomic E-state index is 12.7. The molecule has 6 nitrogen and oxygen atoms in total. The van der Waals surface area contributed by atoms with Crippen molar-refractivity contribution in [3.05, 3.63) is 65.2 Å². The predicted octanol–water partition coefficient (Wildman–Crippen LogP) is 3.70. The summed E-state index contributed by atoms with van der Waals surface area (Å²) in [5, 5.41) is 20.0. The molecule has 0 fully saturated rings. The lowest BCUT2D eigenvalue weighted by molar-refractivity contribution is 0.0694. The molecule has 128 valence electrons. The smallest absolute Gasteiger partial charge is 0.339 e. The molecular weight excluding hydrogens is 366 g/mol. The standard InChI is InChI=1S/C17H12ClNO5S/c18-13-5-1-3-10-4-2-6-15(16(10)13)25(23,24)19-11-7-8-12(17(21)22)14(20)9-11/h1-9,19-20H,(H,21,22). The third-order valence-corrected chi connectivity index (χ3v) is 5.32. The number of hydrogen-bond donors (Lipinski definition) is 3. The van der Waals surface area contributed by atoms with Gasteiger partial charge in [-0.2, -0.15) is 0 Å². The molecule has 0 aliphatic heterocycles. The number of nitrogens with one attached hydrogen (secondary N) is 1. The Hall–Kier alpha value is -2.77. The van der Waals surface area contributed by atoms with Crippen LogP contribution in [0.15, 0.2) is 59.5 Å². The zero-order valence-corrected chi connectivity index (χ0v) is 14.2. The second-order valence-corrected chi connectivity index (χ2v) is 7.29. The van der Waals surface area contributed by atoms with E-state index in [1.165, 1.54) is 12.1 Å². The summed E-state index contributed by atoms with van der Waals surface area (Å²) in [7, 11) is -4.01. The molecule has 0 aliphatic rings. The number of phenols is 1. The molecule has 0 aromatic heterocycles. The number of anilines is 1. The van der Waals surface area contributed by atoms with Gasteiger partial charge in [0.15, 0.2) is 0 Å². The van der Waals surface area contributed by atoms with Crippen LogP contribution in [0.5, 0.6) is 5.75 Å². The van der Waals surface area contributed by atoms with Crippen molar-refractivity contribution in [1.29, 1.82) is 0 Å². The molecule has 0 bridgehead atoms. The molecule has 0 saturated heterocycles. The summed E-state index contributed by atoms with van der Waals surface area (Å²) in [5.74, 6) is -1.85. The number of hydrogen-bond acceptors (Lipinski definition) is 4. The van der Waals surface area contributed by atoms with Crippen LogP contribution >= 0.6 is 11.6 Å². The highest BCUT2D eigenvalue weighted by atomic mass is 35.5. The normalized spacial score (nSPS) is 11.4. The minimum Gasteiger partial charge on any atom is -0.507 e. The molecular formula is C17H12ClNO5S. The van der Waals surface area contributed by atoms with E-state index in [9.17, 15) is 18.3 Å². The average molecular weight is 378 g/mol. The van der Waals surface area contributed by atoms with Gasteiger partial charge in [-0.15, -0.1) is 0 Å². The molecule has 0 radical (unpaired) electrons. The summed E-state index contributed by atoms with van der Waals surface area (Å²) in [4.78, 5) is 10.9. The summed E-state index contributed by atoms with van der Waals surface area (Å²) < 4.78 is 27.8. The average Bonchev–Trinajstić information content (AvgIpc) is 2.54. The zero-order chi connectivity index (χ0) is 18.2. The predicted molar refractivity (Wildman–Crippen MR) is 94.8 cm³/mol. The van der Waals surface area contributed by atoms with Crippen LogP contribution in [0.4, 0.5) is 5.69 Å². The minimum atomic E-state index is -4.01. The van der Waals surface area contributed by atoms with Gasteiger partial charge in [0, 0.05) is 16.5 Å². The Bertz CT molecular complexity index is 1090. The van der Waals surface area contributed by atoms with Crippen LogP contribution in [0.1, 0.15) is 10.4 Å². The van der Waals surface area contributed by atoms with Crippen molar-refractivity contribution in [1.82, 2.24) is 0 Å². The van der Waals surface area contributed by atoms with Crippen molar-refractivity contribution in [2.45, 2.75) is 4.90 Å². The van der Waals surface area contributed by atoms with Gasteiger partial charge in [-0.05, 0) is 29.7 Å². The summed E-state index contributed by atoms with van der Waals surface area (Å²) in [6, 6.07) is 13.2. The lowest BCUT2D eigenvalue weighted by Crippen LogP contribution is -2.13. The van der Waals surface area contributed by atoms with Crippen LogP contribution in [-0.2, 0) is 10.0 Å². The fourth-order valence-corrected chi connectivity index (χ4v) is 4.11. The number of benzene rings is 3. The second-order valence-electron chi connectivity index (χ2n) is 5.24. The number of carbonyl (C=O) groups is 1. The van der Waals surface area contributed by atoms with Crippen molar-refractivity contribution < 1.29 is 23.4 Å². The van der Waals surface area contributed by atoms with E-state index >= 15 is 0 Å². The van der Waals surface area contributed by atoms with Crippen LogP contribution in [0.25, 0.3) is 10.8 Å². The van der Waals surface area contributed by atoms with Gasteiger partial charge in [-0.25, -0.2) is 13.2 Å². The molecule has 3 aromatic carbocycles. The maximum absolute atomic E-state index is 12.7. The lowest BCUT2D eigenvalue weighted by atomic mass is 10.1. The van der Waals surface area contributed by atoms with E-state index in [0.717, 1.165) is 12.1 Å². The molecule has 0 aliphatic carbocycles. The zero-order valence-electron chi connectivity index (χ0n) is 12.6. The van der Waals surface area contributed by atoms with Gasteiger partial charge in [0.2, 0.25) is 0 Å². The quantitative estimate of drug-likeness (QED) is 0.643. The van der Waals surface area contributed by atoms with E-state index in [4.69, 9.17) is 16.7 Å². The molecule has 0 amide bonds. The van der Waals surface area contributed by atoms with Crippen molar-refractivity contribution in [3.8, 4) is 5.75 Å². The third-order valence-electron chi connectivity index (χ3n) is 3.59. The molecule has 0 spiro atoms. The van der Waals surface area contributed by atoms with Gasteiger partial charge in [0.1, 0.15) is 11.3 Å². The number of carboxylic acids is 1.